The van der Waals surface area contributed by atoms with Gasteiger partial charge in [-0.05, 0) is 34.0 Å². The lowest BCUT2D eigenvalue weighted by Crippen LogP contribution is -2.22. The van der Waals surface area contributed by atoms with Gasteiger partial charge in [0.1, 0.15) is 5.75 Å². The molecule has 0 saturated heterocycles. The van der Waals surface area contributed by atoms with E-state index in [0.29, 0.717) is 11.0 Å². The Bertz CT molecular complexity index is 358. The lowest BCUT2D eigenvalue weighted by molar-refractivity contribution is 0.233. The normalized spacial score (nSPS) is 12.8. The molecule has 0 radical (unpaired) electrons. The van der Waals surface area contributed by atoms with Crippen LogP contribution in [0.25, 0.3) is 0 Å². The summed E-state index contributed by atoms with van der Waals surface area (Å²) < 4.78 is 1.60. The van der Waals surface area contributed by atoms with Crippen molar-refractivity contribution in [3.63, 3.8) is 0 Å². The fraction of sp³-hybridized carbons (Fsp3) is 0.455. The number of phenolic OH excluding ortho intramolecular Hbond substituents is 1. The van der Waals surface area contributed by atoms with Crippen molar-refractivity contribution in [2.24, 2.45) is 5.92 Å². The first-order valence-corrected chi connectivity index (χ1v) is 6.61. The molecule has 0 aliphatic heterocycles. The Balaban J connectivity index is 2.60. The van der Waals surface area contributed by atoms with E-state index in [4.69, 9.17) is 5.11 Å². The van der Waals surface area contributed by atoms with Crippen molar-refractivity contribution in [2.45, 2.75) is 13.5 Å². The molecule has 0 aliphatic rings. The second-order valence-corrected chi connectivity index (χ2v) is 5.58. The summed E-state index contributed by atoms with van der Waals surface area (Å²) >= 11 is 6.66. The number of aliphatic hydroxyl groups excluding tert-OH is 1. The SMILES string of the molecule is CC(CO)CNCc1cc(Br)cc(Br)c1O. The third-order valence-electron chi connectivity index (χ3n) is 2.23. The minimum absolute atomic E-state index is 0.168. The maximum absolute atomic E-state index is 9.79. The Morgan fingerprint density at radius 1 is 1.38 bits per heavy atom. The van der Waals surface area contributed by atoms with Crippen LogP contribution < -0.4 is 5.32 Å². The molecular formula is C11H15Br2NO2. The van der Waals surface area contributed by atoms with Crippen molar-refractivity contribution < 1.29 is 10.2 Å². The first kappa shape index (κ1) is 14.0. The fourth-order valence-electron chi connectivity index (χ4n) is 1.27. The second kappa shape index (κ2) is 6.59. The van der Waals surface area contributed by atoms with Gasteiger partial charge in [0, 0.05) is 29.7 Å². The molecule has 0 fully saturated rings. The molecular weight excluding hydrogens is 338 g/mol. The molecule has 1 unspecified atom stereocenters. The summed E-state index contributed by atoms with van der Waals surface area (Å²) in [5.41, 5.74) is 0.825. The van der Waals surface area contributed by atoms with Crippen LogP contribution in [0.2, 0.25) is 0 Å². The molecule has 1 atom stereocenters. The Kier molecular flexibility index (Phi) is 5.75. The minimum Gasteiger partial charge on any atom is -0.506 e. The number of nitrogens with one attached hydrogen (secondary N) is 1. The van der Waals surface area contributed by atoms with E-state index in [1.807, 2.05) is 13.0 Å². The van der Waals surface area contributed by atoms with E-state index in [-0.39, 0.29) is 18.3 Å². The van der Waals surface area contributed by atoms with Gasteiger partial charge >= 0.3 is 0 Å². The minimum atomic E-state index is 0.168. The predicted molar refractivity (Wildman–Crippen MR) is 71.5 cm³/mol. The van der Waals surface area contributed by atoms with Crippen LogP contribution in [0.1, 0.15) is 12.5 Å². The summed E-state index contributed by atoms with van der Waals surface area (Å²) in [7, 11) is 0. The zero-order chi connectivity index (χ0) is 12.1. The maximum atomic E-state index is 9.79. The first-order chi connectivity index (χ1) is 7.54. The average molecular weight is 353 g/mol. The van der Waals surface area contributed by atoms with Gasteiger partial charge in [0.15, 0.2) is 0 Å². The van der Waals surface area contributed by atoms with Gasteiger partial charge in [-0.2, -0.15) is 0 Å². The zero-order valence-electron chi connectivity index (χ0n) is 9.00. The Hall–Kier alpha value is -0.100. The summed E-state index contributed by atoms with van der Waals surface area (Å²) in [6, 6.07) is 3.67. The monoisotopic (exact) mass is 351 g/mol. The number of rotatable bonds is 5. The van der Waals surface area contributed by atoms with E-state index in [9.17, 15) is 5.11 Å². The van der Waals surface area contributed by atoms with Gasteiger partial charge in [-0.15, -0.1) is 0 Å². The van der Waals surface area contributed by atoms with E-state index < -0.39 is 0 Å². The molecule has 5 heteroatoms. The van der Waals surface area contributed by atoms with Gasteiger partial charge in [-0.1, -0.05) is 22.9 Å². The second-order valence-electron chi connectivity index (χ2n) is 3.81. The summed E-state index contributed by atoms with van der Waals surface area (Å²) in [5, 5.41) is 21.8. The molecule has 0 aliphatic carbocycles. The molecule has 0 aromatic heterocycles. The number of aromatic hydroxyl groups is 1. The van der Waals surface area contributed by atoms with Crippen LogP contribution in [0.3, 0.4) is 0 Å². The van der Waals surface area contributed by atoms with E-state index in [1.165, 1.54) is 0 Å². The molecule has 1 aromatic rings. The summed E-state index contributed by atoms with van der Waals surface area (Å²) in [5.74, 6) is 0.477. The lowest BCUT2D eigenvalue weighted by Gasteiger charge is -2.11. The fourth-order valence-corrected chi connectivity index (χ4v) is 2.59. The highest BCUT2D eigenvalue weighted by atomic mass is 79.9. The van der Waals surface area contributed by atoms with Crippen molar-refractivity contribution in [1.29, 1.82) is 0 Å². The molecule has 0 heterocycles. The third kappa shape index (κ3) is 4.05. The van der Waals surface area contributed by atoms with Gasteiger partial charge in [-0.3, -0.25) is 0 Å². The van der Waals surface area contributed by atoms with Gasteiger partial charge in [0.2, 0.25) is 0 Å². The molecule has 1 rings (SSSR count). The van der Waals surface area contributed by atoms with E-state index in [2.05, 4.69) is 37.2 Å². The maximum Gasteiger partial charge on any atom is 0.134 e. The highest BCUT2D eigenvalue weighted by Crippen LogP contribution is 2.31. The smallest absolute Gasteiger partial charge is 0.134 e. The molecule has 0 spiro atoms. The number of hydrogen-bond donors (Lipinski definition) is 3. The number of hydrogen-bond acceptors (Lipinski definition) is 3. The van der Waals surface area contributed by atoms with Gasteiger partial charge in [0.25, 0.3) is 0 Å². The molecule has 0 bridgehead atoms. The molecule has 0 saturated carbocycles. The highest BCUT2D eigenvalue weighted by molar-refractivity contribution is 9.11. The topological polar surface area (TPSA) is 52.5 Å². The van der Waals surface area contributed by atoms with Crippen LogP contribution in [0.5, 0.6) is 5.75 Å². The lowest BCUT2D eigenvalue weighted by atomic mass is 10.1. The quantitative estimate of drug-likeness (QED) is 0.763. The molecule has 0 amide bonds. The summed E-state index contributed by atoms with van der Waals surface area (Å²) in [6.45, 7) is 3.43. The van der Waals surface area contributed by atoms with Crippen LogP contribution in [0.4, 0.5) is 0 Å². The van der Waals surface area contributed by atoms with E-state index in [1.54, 1.807) is 6.07 Å². The average Bonchev–Trinajstić information content (AvgIpc) is 2.24. The van der Waals surface area contributed by atoms with Crippen molar-refractivity contribution >= 4 is 31.9 Å². The van der Waals surface area contributed by atoms with Crippen LogP contribution in [-0.4, -0.2) is 23.4 Å². The van der Waals surface area contributed by atoms with Gasteiger partial charge in [0.05, 0.1) is 4.47 Å². The van der Waals surface area contributed by atoms with Crippen molar-refractivity contribution in [2.75, 3.05) is 13.2 Å². The summed E-state index contributed by atoms with van der Waals surface area (Å²) in [6.07, 6.45) is 0. The number of benzene rings is 1. The number of phenols is 1. The molecule has 90 valence electrons. The van der Waals surface area contributed by atoms with Crippen LogP contribution >= 0.6 is 31.9 Å². The Labute approximate surface area is 112 Å². The van der Waals surface area contributed by atoms with Crippen LogP contribution in [0, 0.1) is 5.92 Å². The van der Waals surface area contributed by atoms with Crippen molar-refractivity contribution in [1.82, 2.24) is 5.32 Å². The summed E-state index contributed by atoms with van der Waals surface area (Å²) in [4.78, 5) is 0. The van der Waals surface area contributed by atoms with Crippen molar-refractivity contribution in [3.05, 3.63) is 26.6 Å². The van der Waals surface area contributed by atoms with E-state index in [0.717, 1.165) is 16.6 Å². The standard InChI is InChI=1S/C11H15Br2NO2/c1-7(6-15)4-14-5-8-2-9(12)3-10(13)11(8)16/h2-3,7,14-16H,4-6H2,1H3. The largest absolute Gasteiger partial charge is 0.506 e. The molecule has 3 N–H and O–H groups in total. The third-order valence-corrected chi connectivity index (χ3v) is 3.29. The first-order valence-electron chi connectivity index (χ1n) is 5.03. The molecule has 1 aromatic carbocycles. The predicted octanol–water partition coefficient (Wildman–Crippen LogP) is 2.64. The van der Waals surface area contributed by atoms with Gasteiger partial charge < -0.3 is 15.5 Å². The Morgan fingerprint density at radius 2 is 2.06 bits per heavy atom. The molecule has 3 nitrogen and oxygen atoms in total. The van der Waals surface area contributed by atoms with Gasteiger partial charge in [-0.25, -0.2) is 0 Å². The van der Waals surface area contributed by atoms with E-state index >= 15 is 0 Å². The highest BCUT2D eigenvalue weighted by Gasteiger charge is 2.07. The Morgan fingerprint density at radius 3 is 2.69 bits per heavy atom. The van der Waals surface area contributed by atoms with Crippen molar-refractivity contribution in [3.8, 4) is 5.75 Å². The number of halogens is 2. The van der Waals surface area contributed by atoms with Crippen LogP contribution in [-0.2, 0) is 6.54 Å². The zero-order valence-corrected chi connectivity index (χ0v) is 12.2. The number of aliphatic hydroxyl groups is 1. The molecule has 16 heavy (non-hydrogen) atoms. The van der Waals surface area contributed by atoms with Crippen LogP contribution in [0.15, 0.2) is 21.1 Å².